The van der Waals surface area contributed by atoms with Gasteiger partial charge in [-0.25, -0.2) is 0 Å². The SMILES string of the molecule is O=C1C(=O)N(Cc2ccncc2)C(c2cccc(OCc3ccccc3)c2)C1=C(O)c1ccccc1. The van der Waals surface area contributed by atoms with Gasteiger partial charge in [0.2, 0.25) is 0 Å². The fraction of sp³-hybridized carbons (Fsp3) is 0.100. The summed E-state index contributed by atoms with van der Waals surface area (Å²) in [7, 11) is 0. The van der Waals surface area contributed by atoms with E-state index >= 15 is 0 Å². The first kappa shape index (κ1) is 23.1. The van der Waals surface area contributed by atoms with Crippen LogP contribution >= 0.6 is 0 Å². The number of nitrogens with zero attached hydrogens (tertiary/aromatic N) is 2. The van der Waals surface area contributed by atoms with Gasteiger partial charge in [0.15, 0.2) is 0 Å². The smallest absolute Gasteiger partial charge is 0.295 e. The zero-order chi connectivity index (χ0) is 24.9. The van der Waals surface area contributed by atoms with Gasteiger partial charge in [0.25, 0.3) is 11.7 Å². The first-order chi connectivity index (χ1) is 17.6. The first-order valence-corrected chi connectivity index (χ1v) is 11.6. The van der Waals surface area contributed by atoms with Gasteiger partial charge in [0, 0.05) is 24.5 Å². The van der Waals surface area contributed by atoms with Crippen LogP contribution in [0, 0.1) is 0 Å². The normalized spacial score (nSPS) is 16.8. The fourth-order valence-corrected chi connectivity index (χ4v) is 4.34. The van der Waals surface area contributed by atoms with Gasteiger partial charge in [0.1, 0.15) is 18.1 Å². The van der Waals surface area contributed by atoms with Crippen molar-refractivity contribution >= 4 is 17.4 Å². The molecule has 3 aromatic carbocycles. The molecule has 4 aromatic rings. The minimum Gasteiger partial charge on any atom is -0.507 e. The number of amides is 1. The Balaban J connectivity index is 1.55. The maximum Gasteiger partial charge on any atom is 0.295 e. The van der Waals surface area contributed by atoms with E-state index in [1.807, 2.05) is 60.7 Å². The molecule has 6 nitrogen and oxygen atoms in total. The second kappa shape index (κ2) is 10.3. The number of likely N-dealkylation sites (tertiary alicyclic amines) is 1. The molecule has 0 spiro atoms. The first-order valence-electron chi connectivity index (χ1n) is 11.6. The van der Waals surface area contributed by atoms with E-state index in [0.29, 0.717) is 23.5 Å². The van der Waals surface area contributed by atoms with Crippen LogP contribution in [-0.2, 0) is 22.7 Å². The lowest BCUT2D eigenvalue weighted by atomic mass is 9.95. The molecule has 1 unspecified atom stereocenters. The van der Waals surface area contributed by atoms with E-state index in [2.05, 4.69) is 4.98 Å². The summed E-state index contributed by atoms with van der Waals surface area (Å²) in [6.45, 7) is 0.573. The molecule has 36 heavy (non-hydrogen) atoms. The molecule has 1 aromatic heterocycles. The average Bonchev–Trinajstić information content (AvgIpc) is 3.18. The summed E-state index contributed by atoms with van der Waals surface area (Å²) in [5, 5.41) is 11.2. The number of ether oxygens (including phenoxy) is 1. The van der Waals surface area contributed by atoms with Crippen LogP contribution in [0.1, 0.15) is 28.3 Å². The van der Waals surface area contributed by atoms with Gasteiger partial charge < -0.3 is 14.7 Å². The summed E-state index contributed by atoms with van der Waals surface area (Å²) in [6.07, 6.45) is 3.28. The van der Waals surface area contributed by atoms with Crippen LogP contribution in [0.2, 0.25) is 0 Å². The molecule has 1 aliphatic heterocycles. The Morgan fingerprint density at radius 3 is 2.25 bits per heavy atom. The predicted octanol–water partition coefficient (Wildman–Crippen LogP) is 5.28. The van der Waals surface area contributed by atoms with Crippen LogP contribution in [0.4, 0.5) is 0 Å². The molecular formula is C30H24N2O4. The molecular weight excluding hydrogens is 452 g/mol. The van der Waals surface area contributed by atoms with Gasteiger partial charge in [-0.15, -0.1) is 0 Å². The quantitative estimate of drug-likeness (QED) is 0.223. The van der Waals surface area contributed by atoms with Crippen LogP contribution < -0.4 is 4.74 Å². The summed E-state index contributed by atoms with van der Waals surface area (Å²) in [5.41, 5.74) is 3.05. The van der Waals surface area contributed by atoms with Crippen LogP contribution in [0.3, 0.4) is 0 Å². The minimum absolute atomic E-state index is 0.0560. The Hall–Kier alpha value is -4.71. The van der Waals surface area contributed by atoms with Crippen molar-refractivity contribution in [1.82, 2.24) is 9.88 Å². The lowest BCUT2D eigenvalue weighted by Crippen LogP contribution is -2.29. The molecule has 1 atom stereocenters. The van der Waals surface area contributed by atoms with Crippen LogP contribution in [0.25, 0.3) is 5.76 Å². The van der Waals surface area contributed by atoms with E-state index in [4.69, 9.17) is 4.74 Å². The summed E-state index contributed by atoms with van der Waals surface area (Å²) >= 11 is 0. The van der Waals surface area contributed by atoms with Gasteiger partial charge in [-0.1, -0.05) is 72.8 Å². The number of hydrogen-bond donors (Lipinski definition) is 1. The average molecular weight is 477 g/mol. The number of aliphatic hydroxyl groups excluding tert-OH is 1. The molecule has 1 saturated heterocycles. The molecule has 0 radical (unpaired) electrons. The van der Waals surface area contributed by atoms with Crippen molar-refractivity contribution in [3.8, 4) is 5.75 Å². The number of ketones is 1. The Morgan fingerprint density at radius 1 is 0.833 bits per heavy atom. The molecule has 5 rings (SSSR count). The van der Waals surface area contributed by atoms with Crippen LogP contribution in [-0.4, -0.2) is 26.7 Å². The molecule has 0 bridgehead atoms. The van der Waals surface area contributed by atoms with Crippen molar-refractivity contribution in [3.63, 3.8) is 0 Å². The van der Waals surface area contributed by atoms with Crippen molar-refractivity contribution < 1.29 is 19.4 Å². The van der Waals surface area contributed by atoms with Crippen molar-refractivity contribution in [2.75, 3.05) is 0 Å². The molecule has 1 aliphatic rings. The van der Waals surface area contributed by atoms with E-state index in [1.54, 1.807) is 48.8 Å². The van der Waals surface area contributed by atoms with Gasteiger partial charge in [-0.2, -0.15) is 0 Å². The summed E-state index contributed by atoms with van der Waals surface area (Å²) in [4.78, 5) is 32.0. The zero-order valence-corrected chi connectivity index (χ0v) is 19.5. The number of rotatable bonds is 7. The highest BCUT2D eigenvalue weighted by atomic mass is 16.5. The van der Waals surface area contributed by atoms with Gasteiger partial charge in [-0.3, -0.25) is 14.6 Å². The van der Waals surface area contributed by atoms with E-state index in [0.717, 1.165) is 11.1 Å². The molecule has 0 saturated carbocycles. The maximum atomic E-state index is 13.2. The van der Waals surface area contributed by atoms with E-state index in [9.17, 15) is 14.7 Å². The maximum absolute atomic E-state index is 13.2. The van der Waals surface area contributed by atoms with Crippen molar-refractivity contribution in [2.45, 2.75) is 19.2 Å². The summed E-state index contributed by atoms with van der Waals surface area (Å²) < 4.78 is 6.00. The van der Waals surface area contributed by atoms with Crippen molar-refractivity contribution in [3.05, 3.63) is 137 Å². The lowest BCUT2D eigenvalue weighted by molar-refractivity contribution is -0.140. The van der Waals surface area contributed by atoms with E-state index in [1.165, 1.54) is 4.90 Å². The third-order valence-corrected chi connectivity index (χ3v) is 6.11. The molecule has 6 heteroatoms. The highest BCUT2D eigenvalue weighted by Gasteiger charge is 2.46. The van der Waals surface area contributed by atoms with E-state index < -0.39 is 17.7 Å². The lowest BCUT2D eigenvalue weighted by Gasteiger charge is -2.25. The number of pyridine rings is 1. The monoisotopic (exact) mass is 476 g/mol. The number of benzene rings is 3. The highest BCUT2D eigenvalue weighted by Crippen LogP contribution is 2.41. The Morgan fingerprint density at radius 2 is 1.53 bits per heavy atom. The third kappa shape index (κ3) is 4.74. The number of hydrogen-bond acceptors (Lipinski definition) is 5. The number of carbonyl (C=O) groups is 2. The van der Waals surface area contributed by atoms with Gasteiger partial charge in [0.05, 0.1) is 11.6 Å². The molecule has 178 valence electrons. The van der Waals surface area contributed by atoms with Gasteiger partial charge >= 0.3 is 0 Å². The third-order valence-electron chi connectivity index (χ3n) is 6.11. The number of aliphatic hydroxyl groups is 1. The fourth-order valence-electron chi connectivity index (χ4n) is 4.34. The van der Waals surface area contributed by atoms with Crippen molar-refractivity contribution in [1.29, 1.82) is 0 Å². The topological polar surface area (TPSA) is 79.7 Å². The number of aromatic nitrogens is 1. The Labute approximate surface area is 209 Å². The standard InChI is InChI=1S/C30H24N2O4/c33-28(23-10-5-2-6-11-23)26-27(32(30(35)29(26)34)19-21-14-16-31-17-15-21)24-12-7-13-25(18-24)36-20-22-8-3-1-4-9-22/h1-18,27,33H,19-20H2. The zero-order valence-electron chi connectivity index (χ0n) is 19.5. The van der Waals surface area contributed by atoms with E-state index in [-0.39, 0.29) is 17.9 Å². The van der Waals surface area contributed by atoms with Crippen LogP contribution in [0.5, 0.6) is 5.75 Å². The molecule has 2 heterocycles. The number of carbonyl (C=O) groups excluding carboxylic acids is 2. The predicted molar refractivity (Wildman–Crippen MR) is 136 cm³/mol. The minimum atomic E-state index is -0.779. The second-order valence-corrected chi connectivity index (χ2v) is 8.50. The Kier molecular flexibility index (Phi) is 6.58. The highest BCUT2D eigenvalue weighted by molar-refractivity contribution is 6.46. The molecule has 1 fully saturated rings. The summed E-state index contributed by atoms with van der Waals surface area (Å²) in [6, 6.07) is 28.7. The molecule has 1 N–H and O–H groups in total. The second-order valence-electron chi connectivity index (χ2n) is 8.50. The molecule has 0 aliphatic carbocycles. The van der Waals surface area contributed by atoms with Gasteiger partial charge in [-0.05, 0) is 41.0 Å². The van der Waals surface area contributed by atoms with Crippen molar-refractivity contribution in [2.24, 2.45) is 0 Å². The largest absolute Gasteiger partial charge is 0.507 e. The molecule has 1 amide bonds. The Bertz CT molecular complexity index is 1400. The summed E-state index contributed by atoms with van der Waals surface area (Å²) in [5.74, 6) is -0.978. The number of Topliss-reactive ketones (excluding diaryl/α,β-unsaturated/α-hetero) is 1. The van der Waals surface area contributed by atoms with Crippen LogP contribution in [0.15, 0.2) is 115 Å².